The third-order valence-corrected chi connectivity index (χ3v) is 3.27. The van der Waals surface area contributed by atoms with Crippen molar-refractivity contribution >= 4 is 17.4 Å². The number of hydrogen-bond donors (Lipinski definition) is 1. The molecule has 1 heterocycles. The number of nitrogens with one attached hydrogen (secondary N) is 1. The number of rotatable bonds is 6. The molecular weight excluding hydrogens is 274 g/mol. The summed E-state index contributed by atoms with van der Waals surface area (Å²) < 4.78 is 5.00. The molecule has 106 valence electrons. The van der Waals surface area contributed by atoms with Crippen LogP contribution in [0.5, 0.6) is 6.01 Å². The molecule has 4 nitrogen and oxygen atoms in total. The normalized spacial score (nSPS) is 11.9. The van der Waals surface area contributed by atoms with Crippen LogP contribution in [0.2, 0.25) is 5.02 Å². The van der Waals surface area contributed by atoms with Gasteiger partial charge < -0.3 is 10.1 Å². The molecule has 1 N–H and O–H groups in total. The molecule has 1 atom stereocenters. The maximum atomic E-state index is 6.07. The lowest BCUT2D eigenvalue weighted by atomic mass is 10.1. The molecule has 0 saturated carbocycles. The molecule has 2 rings (SSSR count). The molecule has 0 radical (unpaired) electrons. The predicted molar refractivity (Wildman–Crippen MR) is 81.4 cm³/mol. The van der Waals surface area contributed by atoms with Crippen molar-refractivity contribution in [3.63, 3.8) is 0 Å². The summed E-state index contributed by atoms with van der Waals surface area (Å²) in [6.45, 7) is 2.11. The summed E-state index contributed by atoms with van der Waals surface area (Å²) in [6.07, 6.45) is 3.54. The second-order valence-corrected chi connectivity index (χ2v) is 5.03. The molecule has 0 saturated heterocycles. The molecule has 2 aromatic rings. The van der Waals surface area contributed by atoms with Gasteiger partial charge in [0.05, 0.1) is 13.3 Å². The summed E-state index contributed by atoms with van der Waals surface area (Å²) in [4.78, 5) is 8.16. The number of hydrogen-bond acceptors (Lipinski definition) is 4. The lowest BCUT2D eigenvalue weighted by Gasteiger charge is -2.15. The first-order chi connectivity index (χ1) is 9.69. The van der Waals surface area contributed by atoms with Gasteiger partial charge in [0.25, 0.3) is 0 Å². The van der Waals surface area contributed by atoms with E-state index >= 15 is 0 Å². The first-order valence-electron chi connectivity index (χ1n) is 6.56. The quantitative estimate of drug-likeness (QED) is 0.884. The number of ether oxygens (including phenoxy) is 1. The Bertz CT molecular complexity index is 548. The Balaban J connectivity index is 1.92. The van der Waals surface area contributed by atoms with Gasteiger partial charge in [-0.3, -0.25) is 0 Å². The highest BCUT2D eigenvalue weighted by molar-refractivity contribution is 6.32. The van der Waals surface area contributed by atoms with E-state index in [0.29, 0.717) is 16.9 Å². The van der Waals surface area contributed by atoms with Gasteiger partial charge in [-0.1, -0.05) is 41.9 Å². The van der Waals surface area contributed by atoms with Gasteiger partial charge in [-0.15, -0.1) is 0 Å². The molecule has 5 heteroatoms. The van der Waals surface area contributed by atoms with Crippen molar-refractivity contribution in [2.45, 2.75) is 25.8 Å². The zero-order chi connectivity index (χ0) is 14.4. The van der Waals surface area contributed by atoms with E-state index in [1.54, 1.807) is 6.20 Å². The summed E-state index contributed by atoms with van der Waals surface area (Å²) >= 11 is 6.07. The fourth-order valence-corrected chi connectivity index (χ4v) is 2.03. The Kier molecular flexibility index (Phi) is 5.18. The molecule has 20 heavy (non-hydrogen) atoms. The highest BCUT2D eigenvalue weighted by Crippen LogP contribution is 2.21. The fraction of sp³-hybridized carbons (Fsp3) is 0.333. The molecule has 0 amide bonds. The summed E-state index contributed by atoms with van der Waals surface area (Å²) in [5, 5.41) is 3.79. The van der Waals surface area contributed by atoms with Crippen LogP contribution < -0.4 is 10.1 Å². The highest BCUT2D eigenvalue weighted by Gasteiger charge is 2.09. The molecule has 1 aromatic heterocycles. The van der Waals surface area contributed by atoms with Crippen molar-refractivity contribution in [2.75, 3.05) is 12.4 Å². The second kappa shape index (κ2) is 7.10. The van der Waals surface area contributed by atoms with Gasteiger partial charge in [0.1, 0.15) is 5.02 Å². The maximum absolute atomic E-state index is 6.07. The van der Waals surface area contributed by atoms with Crippen molar-refractivity contribution in [1.82, 2.24) is 9.97 Å². The van der Waals surface area contributed by atoms with Crippen LogP contribution in [-0.2, 0) is 6.42 Å². The predicted octanol–water partition coefficient (Wildman–Crippen LogP) is 3.57. The van der Waals surface area contributed by atoms with Crippen molar-refractivity contribution in [2.24, 2.45) is 0 Å². The number of aryl methyl sites for hydroxylation is 1. The number of methoxy groups -OCH3 is 1. The number of nitrogens with zero attached hydrogens (tertiary/aromatic N) is 2. The zero-order valence-corrected chi connectivity index (χ0v) is 12.4. The zero-order valence-electron chi connectivity index (χ0n) is 11.6. The van der Waals surface area contributed by atoms with Crippen LogP contribution in [-0.4, -0.2) is 23.1 Å². The smallest absolute Gasteiger partial charge is 0.318 e. The maximum Gasteiger partial charge on any atom is 0.318 e. The average molecular weight is 292 g/mol. The fourth-order valence-electron chi connectivity index (χ4n) is 1.88. The van der Waals surface area contributed by atoms with E-state index in [9.17, 15) is 0 Å². The number of anilines is 1. The molecule has 0 spiro atoms. The molecule has 1 unspecified atom stereocenters. The van der Waals surface area contributed by atoms with E-state index < -0.39 is 0 Å². The molecule has 1 aromatic carbocycles. The van der Waals surface area contributed by atoms with Crippen LogP contribution in [0, 0.1) is 0 Å². The van der Waals surface area contributed by atoms with Crippen LogP contribution in [0.4, 0.5) is 5.82 Å². The van der Waals surface area contributed by atoms with Gasteiger partial charge >= 0.3 is 6.01 Å². The van der Waals surface area contributed by atoms with E-state index in [1.165, 1.54) is 12.7 Å². The van der Waals surface area contributed by atoms with Gasteiger partial charge in [-0.2, -0.15) is 4.98 Å². The van der Waals surface area contributed by atoms with Gasteiger partial charge in [0.2, 0.25) is 0 Å². The van der Waals surface area contributed by atoms with Crippen LogP contribution >= 0.6 is 11.6 Å². The standard InChI is InChI=1S/C15H18ClN3O/c1-11(8-9-12-6-4-3-5-7-12)18-14-13(16)10-17-15(19-14)20-2/h3-7,10-11H,8-9H2,1-2H3,(H,17,18,19). The minimum atomic E-state index is 0.257. The Morgan fingerprint density at radius 3 is 2.75 bits per heavy atom. The molecule has 0 fully saturated rings. The van der Waals surface area contributed by atoms with E-state index in [4.69, 9.17) is 16.3 Å². The summed E-state index contributed by atoms with van der Waals surface area (Å²) in [6, 6.07) is 11.0. The SMILES string of the molecule is COc1ncc(Cl)c(NC(C)CCc2ccccc2)n1. The van der Waals surface area contributed by atoms with Crippen LogP contribution in [0.3, 0.4) is 0 Å². The third-order valence-electron chi connectivity index (χ3n) is 3.00. The van der Waals surface area contributed by atoms with Gasteiger partial charge in [0, 0.05) is 6.04 Å². The lowest BCUT2D eigenvalue weighted by Crippen LogP contribution is -2.17. The molecule has 0 aliphatic carbocycles. The van der Waals surface area contributed by atoms with Crippen molar-refractivity contribution in [3.8, 4) is 6.01 Å². The van der Waals surface area contributed by atoms with Crippen molar-refractivity contribution in [3.05, 3.63) is 47.1 Å². The number of aromatic nitrogens is 2. The Morgan fingerprint density at radius 2 is 2.05 bits per heavy atom. The van der Waals surface area contributed by atoms with Crippen LogP contribution in [0.25, 0.3) is 0 Å². The molecule has 0 bridgehead atoms. The average Bonchev–Trinajstić information content (AvgIpc) is 2.48. The molecular formula is C15H18ClN3O. The summed E-state index contributed by atoms with van der Waals surface area (Å²) in [7, 11) is 1.53. The largest absolute Gasteiger partial charge is 0.467 e. The van der Waals surface area contributed by atoms with Gasteiger partial charge in [-0.25, -0.2) is 4.98 Å². The summed E-state index contributed by atoms with van der Waals surface area (Å²) in [5.74, 6) is 0.610. The summed E-state index contributed by atoms with van der Waals surface area (Å²) in [5.41, 5.74) is 1.33. The minimum Gasteiger partial charge on any atom is -0.467 e. The minimum absolute atomic E-state index is 0.257. The Labute approximate surface area is 124 Å². The topological polar surface area (TPSA) is 47.0 Å². The van der Waals surface area contributed by atoms with E-state index in [1.807, 2.05) is 6.07 Å². The van der Waals surface area contributed by atoms with E-state index in [-0.39, 0.29) is 6.04 Å². The highest BCUT2D eigenvalue weighted by atomic mass is 35.5. The first kappa shape index (κ1) is 14.6. The Morgan fingerprint density at radius 1 is 1.30 bits per heavy atom. The van der Waals surface area contributed by atoms with Gasteiger partial charge in [-0.05, 0) is 25.3 Å². The van der Waals surface area contributed by atoms with Crippen molar-refractivity contribution in [1.29, 1.82) is 0 Å². The monoisotopic (exact) mass is 291 g/mol. The van der Waals surface area contributed by atoms with Crippen molar-refractivity contribution < 1.29 is 4.74 Å². The molecule has 0 aliphatic heterocycles. The van der Waals surface area contributed by atoms with Gasteiger partial charge in [0.15, 0.2) is 5.82 Å². The van der Waals surface area contributed by atoms with E-state index in [2.05, 4.69) is 46.5 Å². The van der Waals surface area contributed by atoms with Crippen LogP contribution in [0.1, 0.15) is 18.9 Å². The van der Waals surface area contributed by atoms with Crippen LogP contribution in [0.15, 0.2) is 36.5 Å². The van der Waals surface area contributed by atoms with E-state index in [0.717, 1.165) is 12.8 Å². The number of benzene rings is 1. The third kappa shape index (κ3) is 4.10. The number of halogens is 1. The Hall–Kier alpha value is -1.81. The second-order valence-electron chi connectivity index (χ2n) is 4.62. The lowest BCUT2D eigenvalue weighted by molar-refractivity contribution is 0.380. The molecule has 0 aliphatic rings. The first-order valence-corrected chi connectivity index (χ1v) is 6.94.